The van der Waals surface area contributed by atoms with Crippen LogP contribution in [0.5, 0.6) is 0 Å². The van der Waals surface area contributed by atoms with Crippen LogP contribution in [0.2, 0.25) is 0 Å². The third-order valence-electron chi connectivity index (χ3n) is 6.17. The molecule has 1 fully saturated rings. The van der Waals surface area contributed by atoms with Crippen LogP contribution in [0.3, 0.4) is 0 Å². The Balaban J connectivity index is 0.00000128. The maximum absolute atomic E-state index is 2.37. The topological polar surface area (TPSA) is 0 Å². The lowest BCUT2D eigenvalue weighted by Gasteiger charge is -2.49. The minimum Gasteiger partial charge on any atom is -0.114 e. The van der Waals surface area contributed by atoms with Crippen LogP contribution in [-0.4, -0.2) is 0 Å². The van der Waals surface area contributed by atoms with Gasteiger partial charge >= 0.3 is 0 Å². The average molecular weight is 541 g/mol. The summed E-state index contributed by atoms with van der Waals surface area (Å²) in [5.74, 6) is 0. The van der Waals surface area contributed by atoms with Gasteiger partial charge in [0.15, 0.2) is 0 Å². The fraction of sp³-hybridized carbons (Fsp3) is 0.111. The minimum atomic E-state index is -1.64. The number of halogens is 2. The molecule has 30 heavy (non-hydrogen) atoms. The van der Waals surface area contributed by atoms with Gasteiger partial charge in [-0.05, 0) is 35.4 Å². The average Bonchev–Trinajstić information content (AvgIpc) is 2.77. The van der Waals surface area contributed by atoms with E-state index in [0.717, 1.165) is 0 Å². The summed E-state index contributed by atoms with van der Waals surface area (Å²) in [6.45, 7) is 0. The van der Waals surface area contributed by atoms with Gasteiger partial charge in [0.1, 0.15) is 21.9 Å². The third-order valence-corrected chi connectivity index (χ3v) is 11.5. The maximum Gasteiger partial charge on any atom is 0.109 e. The Morgan fingerprint density at radius 3 is 1.07 bits per heavy atom. The Hall–Kier alpha value is -1.73. The van der Waals surface area contributed by atoms with Crippen molar-refractivity contribution < 1.29 is 0 Å². The Kier molecular flexibility index (Phi) is 7.69. The second kappa shape index (κ2) is 10.1. The molecule has 1 aliphatic rings. The molecule has 2 atom stereocenters. The summed E-state index contributed by atoms with van der Waals surface area (Å²) in [7, 11) is -1.64. The molecule has 0 bridgehead atoms. The van der Waals surface area contributed by atoms with Gasteiger partial charge in [0.25, 0.3) is 0 Å². The Bertz CT molecular complexity index is 950. The highest BCUT2D eigenvalue weighted by Crippen LogP contribution is 2.87. The minimum absolute atomic E-state index is 0. The SMILES string of the molecule is Br.Br.c1ccc(C2CC(c3ccccc3)[P+]2(c2ccccc2)c2ccccc2)cc1. The van der Waals surface area contributed by atoms with E-state index < -0.39 is 7.26 Å². The summed E-state index contributed by atoms with van der Waals surface area (Å²) >= 11 is 0. The summed E-state index contributed by atoms with van der Waals surface area (Å²) in [6.07, 6.45) is 1.21. The van der Waals surface area contributed by atoms with Crippen LogP contribution in [0.1, 0.15) is 28.9 Å². The van der Waals surface area contributed by atoms with E-state index >= 15 is 0 Å². The van der Waals surface area contributed by atoms with Crippen LogP contribution in [0.25, 0.3) is 0 Å². The molecule has 4 aromatic carbocycles. The fourth-order valence-electron chi connectivity index (χ4n) is 4.93. The van der Waals surface area contributed by atoms with Gasteiger partial charge in [-0.15, -0.1) is 34.0 Å². The van der Waals surface area contributed by atoms with E-state index in [4.69, 9.17) is 0 Å². The molecule has 0 spiro atoms. The molecular formula is C27H26Br2P+. The first-order valence-electron chi connectivity index (χ1n) is 10.0. The molecule has 0 aliphatic carbocycles. The Morgan fingerprint density at radius 1 is 0.433 bits per heavy atom. The van der Waals surface area contributed by atoms with E-state index in [1.54, 1.807) is 0 Å². The number of rotatable bonds is 4. The lowest BCUT2D eigenvalue weighted by molar-refractivity contribution is 0.682. The predicted molar refractivity (Wildman–Crippen MR) is 143 cm³/mol. The van der Waals surface area contributed by atoms with Crippen molar-refractivity contribution in [2.24, 2.45) is 0 Å². The van der Waals surface area contributed by atoms with Crippen molar-refractivity contribution >= 4 is 51.8 Å². The van der Waals surface area contributed by atoms with Crippen LogP contribution in [0.4, 0.5) is 0 Å². The zero-order chi connectivity index (χ0) is 18.8. The molecule has 1 saturated heterocycles. The molecule has 2 unspecified atom stereocenters. The zero-order valence-electron chi connectivity index (χ0n) is 16.7. The van der Waals surface area contributed by atoms with E-state index in [0.29, 0.717) is 11.3 Å². The van der Waals surface area contributed by atoms with Crippen LogP contribution in [-0.2, 0) is 0 Å². The van der Waals surface area contributed by atoms with Gasteiger partial charge in [-0.3, -0.25) is 0 Å². The first-order valence-corrected chi connectivity index (χ1v) is 11.9. The van der Waals surface area contributed by atoms with Gasteiger partial charge in [0, 0.05) is 6.42 Å². The van der Waals surface area contributed by atoms with E-state index in [9.17, 15) is 0 Å². The zero-order valence-corrected chi connectivity index (χ0v) is 21.0. The van der Waals surface area contributed by atoms with Crippen molar-refractivity contribution in [3.05, 3.63) is 132 Å². The molecule has 0 amide bonds. The fourth-order valence-corrected chi connectivity index (χ4v) is 10.4. The number of hydrogen-bond acceptors (Lipinski definition) is 0. The maximum atomic E-state index is 2.37. The van der Waals surface area contributed by atoms with Gasteiger partial charge < -0.3 is 0 Å². The smallest absolute Gasteiger partial charge is 0.109 e. The predicted octanol–water partition coefficient (Wildman–Crippen LogP) is 7.70. The van der Waals surface area contributed by atoms with Crippen molar-refractivity contribution in [2.75, 3.05) is 0 Å². The van der Waals surface area contributed by atoms with Crippen molar-refractivity contribution in [3.8, 4) is 0 Å². The van der Waals surface area contributed by atoms with Crippen LogP contribution < -0.4 is 10.6 Å². The molecular weight excluding hydrogens is 515 g/mol. The molecule has 0 aromatic heterocycles. The first kappa shape index (κ1) is 22.9. The Morgan fingerprint density at radius 2 is 0.733 bits per heavy atom. The molecule has 0 saturated carbocycles. The highest BCUT2D eigenvalue weighted by Gasteiger charge is 2.66. The van der Waals surface area contributed by atoms with E-state index in [-0.39, 0.29) is 34.0 Å². The van der Waals surface area contributed by atoms with Gasteiger partial charge in [0.05, 0.1) is 7.26 Å². The highest BCUT2D eigenvalue weighted by atomic mass is 79.9. The lowest BCUT2D eigenvalue weighted by atomic mass is 10.0. The van der Waals surface area contributed by atoms with Crippen molar-refractivity contribution in [2.45, 2.75) is 17.7 Å². The quantitative estimate of drug-likeness (QED) is 0.233. The van der Waals surface area contributed by atoms with Gasteiger partial charge in [-0.1, -0.05) is 97.1 Å². The molecule has 1 aliphatic heterocycles. The van der Waals surface area contributed by atoms with Gasteiger partial charge in [-0.25, -0.2) is 0 Å². The van der Waals surface area contributed by atoms with E-state index in [1.807, 2.05) is 0 Å². The molecule has 0 N–H and O–H groups in total. The van der Waals surface area contributed by atoms with Gasteiger partial charge in [-0.2, -0.15) is 0 Å². The van der Waals surface area contributed by atoms with Crippen molar-refractivity contribution in [1.82, 2.24) is 0 Å². The molecule has 3 heteroatoms. The molecule has 5 rings (SSSR count). The summed E-state index contributed by atoms with van der Waals surface area (Å²) < 4.78 is 0. The largest absolute Gasteiger partial charge is 0.114 e. The Labute approximate surface area is 201 Å². The molecule has 152 valence electrons. The summed E-state index contributed by atoms with van der Waals surface area (Å²) in [5.41, 5.74) is 4.11. The summed E-state index contributed by atoms with van der Waals surface area (Å²) in [5, 5.41) is 3.05. The molecule has 1 heterocycles. The lowest BCUT2D eigenvalue weighted by Crippen LogP contribution is -2.39. The van der Waals surface area contributed by atoms with Crippen LogP contribution >= 0.6 is 41.2 Å². The number of hydrogen-bond donors (Lipinski definition) is 0. The summed E-state index contributed by atoms with van der Waals surface area (Å²) in [4.78, 5) is 0. The van der Waals surface area contributed by atoms with Crippen molar-refractivity contribution in [3.63, 3.8) is 0 Å². The monoisotopic (exact) mass is 539 g/mol. The van der Waals surface area contributed by atoms with E-state index in [2.05, 4.69) is 121 Å². The first-order chi connectivity index (χ1) is 13.9. The molecule has 4 aromatic rings. The standard InChI is InChI=1S/C27H24P.2BrH/c1-5-13-22(14-6-1)26-21-27(23-15-7-2-8-16-23)28(26,24-17-9-3-10-18-24)25-19-11-4-12-20-25;;/h1-20,26-27H,21H2;2*1H/q+1;;. The highest BCUT2D eigenvalue weighted by molar-refractivity contribution is 8.93. The van der Waals surface area contributed by atoms with E-state index in [1.165, 1.54) is 28.2 Å². The van der Waals surface area contributed by atoms with Crippen LogP contribution in [0, 0.1) is 0 Å². The van der Waals surface area contributed by atoms with Gasteiger partial charge in [0.2, 0.25) is 0 Å². The van der Waals surface area contributed by atoms with Crippen molar-refractivity contribution in [1.29, 1.82) is 0 Å². The third kappa shape index (κ3) is 3.82. The summed E-state index contributed by atoms with van der Waals surface area (Å²) in [6, 6.07) is 44.9. The molecule has 0 nitrogen and oxygen atoms in total. The normalized spacial score (nSPS) is 18.9. The number of benzene rings is 4. The molecule has 0 radical (unpaired) electrons. The second-order valence-corrected chi connectivity index (χ2v) is 11.4. The second-order valence-electron chi connectivity index (χ2n) is 7.54. The van der Waals surface area contributed by atoms with Crippen LogP contribution in [0.15, 0.2) is 121 Å².